The number of carbonyl (C=O) groups excluding carboxylic acids is 1. The summed E-state index contributed by atoms with van der Waals surface area (Å²) in [4.78, 5) is 18.5. The largest absolute Gasteiger partial charge is 0.441 e. The second-order valence-corrected chi connectivity index (χ2v) is 5.80. The maximum absolute atomic E-state index is 13.5. The first kappa shape index (κ1) is 17.8. The van der Waals surface area contributed by atoms with Crippen molar-refractivity contribution in [3.63, 3.8) is 0 Å². The van der Waals surface area contributed by atoms with E-state index < -0.39 is 11.6 Å². The standard InChI is InChI=1S/C20H18F2N2O2/c1-3-24(15-9-10-16(21)17(22)11-15)19(25)12-18-13(2)26-20(23-18)14-7-5-4-6-8-14/h4-11H,3,12H2,1-2H3. The van der Waals surface area contributed by atoms with Crippen LogP contribution in [-0.4, -0.2) is 17.4 Å². The van der Waals surface area contributed by atoms with Crippen molar-refractivity contribution in [1.82, 2.24) is 4.98 Å². The SMILES string of the molecule is CCN(C(=O)Cc1nc(-c2ccccc2)oc1C)c1ccc(F)c(F)c1. The number of hydrogen-bond acceptors (Lipinski definition) is 3. The van der Waals surface area contributed by atoms with Crippen LogP contribution in [0, 0.1) is 18.6 Å². The Balaban J connectivity index is 1.82. The molecule has 4 nitrogen and oxygen atoms in total. The molecule has 0 spiro atoms. The molecule has 0 unspecified atom stereocenters. The molecule has 2 aromatic carbocycles. The average Bonchev–Trinajstić information content (AvgIpc) is 3.00. The lowest BCUT2D eigenvalue weighted by Crippen LogP contribution is -2.32. The first-order valence-corrected chi connectivity index (χ1v) is 8.26. The highest BCUT2D eigenvalue weighted by molar-refractivity contribution is 5.94. The fourth-order valence-corrected chi connectivity index (χ4v) is 2.69. The molecule has 0 saturated heterocycles. The molecule has 0 fully saturated rings. The van der Waals surface area contributed by atoms with Gasteiger partial charge in [0.15, 0.2) is 11.6 Å². The van der Waals surface area contributed by atoms with Crippen LogP contribution >= 0.6 is 0 Å². The van der Waals surface area contributed by atoms with Crippen molar-refractivity contribution in [3.8, 4) is 11.5 Å². The van der Waals surface area contributed by atoms with Crippen molar-refractivity contribution in [1.29, 1.82) is 0 Å². The summed E-state index contributed by atoms with van der Waals surface area (Å²) in [6.07, 6.45) is 0.00893. The summed E-state index contributed by atoms with van der Waals surface area (Å²) in [6.45, 7) is 3.84. The summed E-state index contributed by atoms with van der Waals surface area (Å²) in [7, 11) is 0. The Morgan fingerprint density at radius 3 is 2.50 bits per heavy atom. The molecule has 0 bridgehead atoms. The van der Waals surface area contributed by atoms with Crippen LogP contribution in [0.1, 0.15) is 18.4 Å². The number of aromatic nitrogens is 1. The number of amides is 1. The fourth-order valence-electron chi connectivity index (χ4n) is 2.69. The predicted octanol–water partition coefficient (Wildman–Crippen LogP) is 4.52. The van der Waals surface area contributed by atoms with E-state index in [0.717, 1.165) is 17.7 Å². The average molecular weight is 356 g/mol. The molecule has 26 heavy (non-hydrogen) atoms. The zero-order chi connectivity index (χ0) is 18.7. The lowest BCUT2D eigenvalue weighted by molar-refractivity contribution is -0.118. The van der Waals surface area contributed by atoms with Crippen molar-refractivity contribution in [2.75, 3.05) is 11.4 Å². The van der Waals surface area contributed by atoms with Gasteiger partial charge in [0, 0.05) is 23.9 Å². The van der Waals surface area contributed by atoms with Crippen LogP contribution in [0.15, 0.2) is 52.9 Å². The number of rotatable bonds is 5. The molecule has 0 aliphatic rings. The van der Waals surface area contributed by atoms with Gasteiger partial charge in [-0.2, -0.15) is 0 Å². The molecule has 0 radical (unpaired) electrons. The normalized spacial score (nSPS) is 10.8. The van der Waals surface area contributed by atoms with Crippen molar-refractivity contribution < 1.29 is 18.0 Å². The summed E-state index contributed by atoms with van der Waals surface area (Å²) >= 11 is 0. The van der Waals surface area contributed by atoms with Gasteiger partial charge in [0.1, 0.15) is 5.76 Å². The molecule has 1 aromatic heterocycles. The van der Waals surface area contributed by atoms with E-state index in [1.54, 1.807) is 13.8 Å². The Bertz CT molecular complexity index is 923. The maximum Gasteiger partial charge on any atom is 0.233 e. The number of benzene rings is 2. The number of anilines is 1. The number of halogens is 2. The van der Waals surface area contributed by atoms with Crippen molar-refractivity contribution in [2.45, 2.75) is 20.3 Å². The van der Waals surface area contributed by atoms with Crippen LogP contribution in [-0.2, 0) is 11.2 Å². The van der Waals surface area contributed by atoms with Gasteiger partial charge in [-0.1, -0.05) is 18.2 Å². The first-order valence-electron chi connectivity index (χ1n) is 8.26. The fraction of sp³-hybridized carbons (Fsp3) is 0.200. The number of aryl methyl sites for hydroxylation is 1. The van der Waals surface area contributed by atoms with E-state index in [1.807, 2.05) is 30.3 Å². The zero-order valence-electron chi connectivity index (χ0n) is 14.5. The van der Waals surface area contributed by atoms with Crippen LogP contribution < -0.4 is 4.90 Å². The van der Waals surface area contributed by atoms with Crippen LogP contribution in [0.5, 0.6) is 0 Å². The summed E-state index contributed by atoms with van der Waals surface area (Å²) < 4.78 is 32.3. The Morgan fingerprint density at radius 1 is 1.12 bits per heavy atom. The molecule has 0 atom stereocenters. The first-order chi connectivity index (χ1) is 12.5. The topological polar surface area (TPSA) is 46.3 Å². The third-order valence-corrected chi connectivity index (χ3v) is 4.06. The molecule has 6 heteroatoms. The number of likely N-dealkylation sites (N-methyl/N-ethyl adjacent to an activating group) is 1. The van der Waals surface area contributed by atoms with Crippen LogP contribution in [0.3, 0.4) is 0 Å². The van der Waals surface area contributed by atoms with Crippen LogP contribution in [0.2, 0.25) is 0 Å². The van der Waals surface area contributed by atoms with Gasteiger partial charge in [-0.3, -0.25) is 4.79 Å². The Morgan fingerprint density at radius 2 is 1.85 bits per heavy atom. The number of oxazole rings is 1. The van der Waals surface area contributed by atoms with Gasteiger partial charge in [-0.05, 0) is 38.1 Å². The van der Waals surface area contributed by atoms with E-state index in [9.17, 15) is 13.6 Å². The summed E-state index contributed by atoms with van der Waals surface area (Å²) in [6, 6.07) is 12.8. The van der Waals surface area contributed by atoms with Crippen molar-refractivity contribution >= 4 is 11.6 Å². The van der Waals surface area contributed by atoms with Gasteiger partial charge in [0.2, 0.25) is 11.8 Å². The van der Waals surface area contributed by atoms with E-state index in [1.165, 1.54) is 11.0 Å². The third kappa shape index (κ3) is 3.64. The number of hydrogen-bond donors (Lipinski definition) is 0. The quantitative estimate of drug-likeness (QED) is 0.675. The van der Waals surface area contributed by atoms with E-state index in [4.69, 9.17) is 4.42 Å². The summed E-state index contributed by atoms with van der Waals surface area (Å²) in [5.74, 6) is -1.20. The van der Waals surface area contributed by atoms with Crippen molar-refractivity contribution in [3.05, 3.63) is 71.6 Å². The van der Waals surface area contributed by atoms with E-state index in [-0.39, 0.29) is 12.3 Å². The van der Waals surface area contributed by atoms with Gasteiger partial charge in [0.05, 0.1) is 12.1 Å². The number of nitrogens with zero attached hydrogens (tertiary/aromatic N) is 2. The molecule has 3 rings (SSSR count). The minimum atomic E-state index is -0.988. The molecular weight excluding hydrogens is 338 g/mol. The highest BCUT2D eigenvalue weighted by atomic mass is 19.2. The highest BCUT2D eigenvalue weighted by Gasteiger charge is 2.20. The monoisotopic (exact) mass is 356 g/mol. The predicted molar refractivity (Wildman–Crippen MR) is 94.8 cm³/mol. The Kier molecular flexibility index (Phi) is 5.11. The maximum atomic E-state index is 13.5. The Labute approximate surface area is 150 Å². The molecule has 0 aliphatic heterocycles. The molecule has 0 aliphatic carbocycles. The van der Waals surface area contributed by atoms with Gasteiger partial charge < -0.3 is 9.32 Å². The van der Waals surface area contributed by atoms with E-state index >= 15 is 0 Å². The number of carbonyl (C=O) groups is 1. The second kappa shape index (κ2) is 7.47. The Hall–Kier alpha value is -3.02. The van der Waals surface area contributed by atoms with Crippen LogP contribution in [0.25, 0.3) is 11.5 Å². The van der Waals surface area contributed by atoms with E-state index in [0.29, 0.717) is 29.6 Å². The van der Waals surface area contributed by atoms with Crippen LogP contribution in [0.4, 0.5) is 14.5 Å². The smallest absolute Gasteiger partial charge is 0.233 e. The van der Waals surface area contributed by atoms with Gasteiger partial charge in [-0.15, -0.1) is 0 Å². The van der Waals surface area contributed by atoms with Gasteiger partial charge in [-0.25, -0.2) is 13.8 Å². The minimum absolute atomic E-state index is 0.00893. The van der Waals surface area contributed by atoms with Gasteiger partial charge in [0.25, 0.3) is 0 Å². The summed E-state index contributed by atoms with van der Waals surface area (Å²) in [5, 5.41) is 0. The van der Waals surface area contributed by atoms with E-state index in [2.05, 4.69) is 4.98 Å². The minimum Gasteiger partial charge on any atom is -0.441 e. The molecular formula is C20H18F2N2O2. The van der Waals surface area contributed by atoms with Gasteiger partial charge >= 0.3 is 0 Å². The lowest BCUT2D eigenvalue weighted by atomic mass is 10.2. The molecule has 134 valence electrons. The molecule has 1 heterocycles. The second-order valence-electron chi connectivity index (χ2n) is 5.80. The lowest BCUT2D eigenvalue weighted by Gasteiger charge is -2.20. The molecule has 0 saturated carbocycles. The third-order valence-electron chi connectivity index (χ3n) is 4.06. The molecule has 1 amide bonds. The molecule has 3 aromatic rings. The van der Waals surface area contributed by atoms with Crippen molar-refractivity contribution in [2.24, 2.45) is 0 Å². The molecule has 0 N–H and O–H groups in total. The zero-order valence-corrected chi connectivity index (χ0v) is 14.5. The summed E-state index contributed by atoms with van der Waals surface area (Å²) in [5.41, 5.74) is 1.65. The highest BCUT2D eigenvalue weighted by Crippen LogP contribution is 2.23.